The number of carbonyl (C=O) groups is 1. The number of hydrogen-bond acceptors (Lipinski definition) is 4. The van der Waals surface area contributed by atoms with Crippen LogP contribution in [0.25, 0.3) is 11.3 Å². The Kier molecular flexibility index (Phi) is 4.29. The summed E-state index contributed by atoms with van der Waals surface area (Å²) in [6.45, 7) is 1.83. The van der Waals surface area contributed by atoms with Crippen molar-refractivity contribution in [3.63, 3.8) is 0 Å². The van der Waals surface area contributed by atoms with Gasteiger partial charge in [-0.3, -0.25) is 4.79 Å². The number of likely N-dealkylation sites (tertiary alicyclic amines) is 2. The highest BCUT2D eigenvalue weighted by Gasteiger charge is 2.39. The van der Waals surface area contributed by atoms with E-state index in [0.717, 1.165) is 32.4 Å². The highest BCUT2D eigenvalue weighted by atomic mass is 19.1. The van der Waals surface area contributed by atoms with Gasteiger partial charge in [0.15, 0.2) is 11.5 Å². The third kappa shape index (κ3) is 2.95. The van der Waals surface area contributed by atoms with Crippen molar-refractivity contribution in [1.29, 1.82) is 0 Å². The second kappa shape index (κ2) is 6.59. The van der Waals surface area contributed by atoms with E-state index in [2.05, 4.69) is 17.1 Å². The Hall–Kier alpha value is -2.21. The van der Waals surface area contributed by atoms with Crippen molar-refractivity contribution < 1.29 is 13.7 Å². The summed E-state index contributed by atoms with van der Waals surface area (Å²) in [5.74, 6) is -0.214. The summed E-state index contributed by atoms with van der Waals surface area (Å²) in [5.41, 5.74) is 0.577. The average molecular weight is 343 g/mol. The van der Waals surface area contributed by atoms with Crippen LogP contribution in [-0.4, -0.2) is 53.1 Å². The molecule has 2 aliphatic heterocycles. The fourth-order valence-electron chi connectivity index (χ4n) is 4.18. The minimum Gasteiger partial charge on any atom is -0.355 e. The van der Waals surface area contributed by atoms with Gasteiger partial charge in [-0.15, -0.1) is 0 Å². The predicted molar refractivity (Wildman–Crippen MR) is 91.6 cm³/mol. The third-order valence-electron chi connectivity index (χ3n) is 5.45. The normalized spacial score (nSPS) is 24.2. The Labute approximate surface area is 146 Å². The lowest BCUT2D eigenvalue weighted by Gasteiger charge is -2.32. The van der Waals surface area contributed by atoms with Gasteiger partial charge in [0.25, 0.3) is 5.91 Å². The molecular formula is C19H22FN3O2. The summed E-state index contributed by atoms with van der Waals surface area (Å²) in [4.78, 5) is 17.2. The van der Waals surface area contributed by atoms with E-state index in [1.807, 2.05) is 4.90 Å². The fraction of sp³-hybridized carbons (Fsp3) is 0.474. The number of nitrogens with zero attached hydrogens (tertiary/aromatic N) is 3. The van der Waals surface area contributed by atoms with Gasteiger partial charge in [0.2, 0.25) is 0 Å². The van der Waals surface area contributed by atoms with Crippen LogP contribution in [0.4, 0.5) is 4.39 Å². The second-order valence-corrected chi connectivity index (χ2v) is 6.95. The zero-order valence-corrected chi connectivity index (χ0v) is 14.3. The number of hydrogen-bond donors (Lipinski definition) is 0. The molecule has 0 bridgehead atoms. The Morgan fingerprint density at radius 2 is 1.96 bits per heavy atom. The molecule has 2 aromatic rings. The lowest BCUT2D eigenvalue weighted by Crippen LogP contribution is -2.47. The zero-order valence-electron chi connectivity index (χ0n) is 14.3. The summed E-state index contributed by atoms with van der Waals surface area (Å²) in [5, 5.41) is 3.91. The van der Waals surface area contributed by atoms with Gasteiger partial charge in [-0.2, -0.15) is 0 Å². The summed E-state index contributed by atoms with van der Waals surface area (Å²) in [6.07, 6.45) is 4.35. The topological polar surface area (TPSA) is 49.6 Å². The summed E-state index contributed by atoms with van der Waals surface area (Å²) in [7, 11) is 2.13. The van der Waals surface area contributed by atoms with E-state index in [1.54, 1.807) is 24.3 Å². The molecule has 0 saturated carbocycles. The first kappa shape index (κ1) is 16.3. The molecule has 5 nitrogen and oxygen atoms in total. The number of halogens is 1. The molecule has 4 rings (SSSR count). The van der Waals surface area contributed by atoms with E-state index in [4.69, 9.17) is 4.52 Å². The van der Waals surface area contributed by atoms with Gasteiger partial charge >= 0.3 is 0 Å². The molecular weight excluding hydrogens is 321 g/mol. The maximum atomic E-state index is 13.9. The molecule has 0 spiro atoms. The minimum absolute atomic E-state index is 0.117. The Balaban J connectivity index is 1.56. The number of aromatic nitrogens is 1. The van der Waals surface area contributed by atoms with E-state index in [0.29, 0.717) is 11.6 Å². The molecule has 132 valence electrons. The van der Waals surface area contributed by atoms with Gasteiger partial charge in [-0.25, -0.2) is 4.39 Å². The number of carbonyl (C=O) groups excluding carboxylic acids is 1. The first-order valence-electron chi connectivity index (χ1n) is 8.88. The highest BCUT2D eigenvalue weighted by molar-refractivity contribution is 5.93. The van der Waals surface area contributed by atoms with Crippen LogP contribution in [0.2, 0.25) is 0 Å². The molecule has 25 heavy (non-hydrogen) atoms. The standard InChI is InChI=1S/C19H22FN3O2/c1-22-10-4-8-16(22)17-9-5-11-23(17)19(24)15-12-18(25-21-15)13-6-2-3-7-14(13)20/h2-3,6-7,12,16-17H,4-5,8-11H2,1H3. The van der Waals surface area contributed by atoms with Crippen LogP contribution in [0.15, 0.2) is 34.9 Å². The van der Waals surface area contributed by atoms with Crippen LogP contribution in [0.5, 0.6) is 0 Å². The molecule has 0 N–H and O–H groups in total. The molecule has 0 aliphatic carbocycles. The molecule has 1 aromatic heterocycles. The summed E-state index contributed by atoms with van der Waals surface area (Å²) >= 11 is 0. The monoisotopic (exact) mass is 343 g/mol. The average Bonchev–Trinajstić information content (AvgIpc) is 3.34. The molecule has 0 radical (unpaired) electrons. The Morgan fingerprint density at radius 1 is 1.20 bits per heavy atom. The van der Waals surface area contributed by atoms with Crippen molar-refractivity contribution in [3.8, 4) is 11.3 Å². The first-order valence-corrected chi connectivity index (χ1v) is 8.88. The van der Waals surface area contributed by atoms with Crippen molar-refractivity contribution in [1.82, 2.24) is 15.0 Å². The zero-order chi connectivity index (χ0) is 17.4. The Morgan fingerprint density at radius 3 is 2.72 bits per heavy atom. The SMILES string of the molecule is CN1CCCC1C1CCCN1C(=O)c1cc(-c2ccccc2F)on1. The smallest absolute Gasteiger partial charge is 0.276 e. The maximum absolute atomic E-state index is 13.9. The molecule has 2 atom stereocenters. The van der Waals surface area contributed by atoms with Gasteiger partial charge in [0.1, 0.15) is 5.82 Å². The second-order valence-electron chi connectivity index (χ2n) is 6.95. The minimum atomic E-state index is -0.385. The Bertz CT molecular complexity index is 776. The lowest BCUT2D eigenvalue weighted by molar-refractivity contribution is 0.0654. The van der Waals surface area contributed by atoms with Crippen LogP contribution in [0.3, 0.4) is 0 Å². The van der Waals surface area contributed by atoms with E-state index in [1.165, 1.54) is 12.5 Å². The van der Waals surface area contributed by atoms with Crippen molar-refractivity contribution in [2.75, 3.05) is 20.1 Å². The van der Waals surface area contributed by atoms with Crippen molar-refractivity contribution >= 4 is 5.91 Å². The van der Waals surface area contributed by atoms with Gasteiger partial charge < -0.3 is 14.3 Å². The van der Waals surface area contributed by atoms with Gasteiger partial charge in [-0.05, 0) is 51.4 Å². The third-order valence-corrected chi connectivity index (χ3v) is 5.45. The molecule has 6 heteroatoms. The highest BCUT2D eigenvalue weighted by Crippen LogP contribution is 2.31. The van der Waals surface area contributed by atoms with E-state index in [9.17, 15) is 9.18 Å². The van der Waals surface area contributed by atoms with Crippen LogP contribution in [0.1, 0.15) is 36.2 Å². The number of amides is 1. The first-order chi connectivity index (χ1) is 12.1. The van der Waals surface area contributed by atoms with E-state index in [-0.39, 0.29) is 29.2 Å². The largest absolute Gasteiger partial charge is 0.355 e. The molecule has 2 aliphatic rings. The quantitative estimate of drug-likeness (QED) is 0.859. The van der Waals surface area contributed by atoms with Crippen molar-refractivity contribution in [3.05, 3.63) is 41.8 Å². The van der Waals surface area contributed by atoms with Gasteiger partial charge in [0.05, 0.1) is 5.56 Å². The summed E-state index contributed by atoms with van der Waals surface area (Å²) in [6, 6.07) is 8.54. The van der Waals surface area contributed by atoms with Crippen LogP contribution < -0.4 is 0 Å². The van der Waals surface area contributed by atoms with Crippen molar-refractivity contribution in [2.24, 2.45) is 0 Å². The molecule has 1 amide bonds. The number of rotatable bonds is 3. The van der Waals surface area contributed by atoms with Crippen LogP contribution in [-0.2, 0) is 0 Å². The molecule has 2 unspecified atom stereocenters. The molecule has 3 heterocycles. The van der Waals surface area contributed by atoms with Gasteiger partial charge in [-0.1, -0.05) is 17.3 Å². The van der Waals surface area contributed by atoms with Crippen LogP contribution >= 0.6 is 0 Å². The van der Waals surface area contributed by atoms with Crippen LogP contribution in [0, 0.1) is 5.82 Å². The predicted octanol–water partition coefficient (Wildman–Crippen LogP) is 3.18. The molecule has 1 aromatic carbocycles. The number of benzene rings is 1. The van der Waals surface area contributed by atoms with Crippen molar-refractivity contribution in [2.45, 2.75) is 37.8 Å². The molecule has 2 fully saturated rings. The molecule has 2 saturated heterocycles. The lowest BCUT2D eigenvalue weighted by atomic mass is 10.0. The van der Waals surface area contributed by atoms with Gasteiger partial charge in [0, 0.05) is 24.7 Å². The summed E-state index contributed by atoms with van der Waals surface area (Å²) < 4.78 is 19.2. The van der Waals surface area contributed by atoms with E-state index < -0.39 is 0 Å². The van der Waals surface area contributed by atoms with E-state index >= 15 is 0 Å². The maximum Gasteiger partial charge on any atom is 0.276 e. The fourth-order valence-corrected chi connectivity index (χ4v) is 4.18. The number of likely N-dealkylation sites (N-methyl/N-ethyl adjacent to an activating group) is 1.